The predicted molar refractivity (Wildman–Crippen MR) is 101 cm³/mol. The highest BCUT2D eigenvalue weighted by Crippen LogP contribution is 2.18. The Bertz CT molecular complexity index is 583. The lowest BCUT2D eigenvalue weighted by molar-refractivity contribution is 0.225. The third-order valence-corrected chi connectivity index (χ3v) is 4.30. The Morgan fingerprint density at radius 1 is 1.44 bits per heavy atom. The van der Waals surface area contributed by atoms with Crippen molar-refractivity contribution in [1.29, 1.82) is 0 Å². The number of guanidine groups is 1. The first-order valence-electron chi connectivity index (χ1n) is 8.88. The van der Waals surface area contributed by atoms with Gasteiger partial charge in [-0.15, -0.1) is 6.58 Å². The van der Waals surface area contributed by atoms with Crippen molar-refractivity contribution in [1.82, 2.24) is 15.5 Å². The summed E-state index contributed by atoms with van der Waals surface area (Å²) in [6, 6.07) is 5.44. The average molecular weight is 348 g/mol. The summed E-state index contributed by atoms with van der Waals surface area (Å²) in [6.45, 7) is 9.66. The molecule has 0 spiro atoms. The van der Waals surface area contributed by atoms with Crippen LogP contribution in [0.3, 0.4) is 0 Å². The Morgan fingerprint density at radius 3 is 2.80 bits per heavy atom. The second-order valence-corrected chi connectivity index (χ2v) is 6.13. The van der Waals surface area contributed by atoms with Crippen molar-refractivity contribution in [3.05, 3.63) is 42.2 Å². The molecule has 1 saturated heterocycles. The summed E-state index contributed by atoms with van der Waals surface area (Å²) in [4.78, 5) is 6.66. The van der Waals surface area contributed by atoms with Gasteiger partial charge in [0.2, 0.25) is 0 Å². The molecular formula is C19H29FN4O. The lowest BCUT2D eigenvalue weighted by Gasteiger charge is -2.32. The largest absolute Gasteiger partial charge is 0.491 e. The molecule has 0 saturated carbocycles. The van der Waals surface area contributed by atoms with E-state index < -0.39 is 0 Å². The Balaban J connectivity index is 1.81. The van der Waals surface area contributed by atoms with E-state index in [2.05, 4.69) is 27.1 Å². The predicted octanol–water partition coefficient (Wildman–Crippen LogP) is 2.54. The summed E-state index contributed by atoms with van der Waals surface area (Å²) in [5.41, 5.74) is 0.852. The molecule has 6 heteroatoms. The molecule has 1 aromatic rings. The third-order valence-electron chi connectivity index (χ3n) is 4.30. The molecule has 25 heavy (non-hydrogen) atoms. The maximum absolute atomic E-state index is 13.9. The molecule has 1 fully saturated rings. The average Bonchev–Trinajstić information content (AvgIpc) is 2.62. The fourth-order valence-corrected chi connectivity index (χ4v) is 2.94. The molecule has 1 aliphatic heterocycles. The van der Waals surface area contributed by atoms with Crippen molar-refractivity contribution < 1.29 is 9.13 Å². The van der Waals surface area contributed by atoms with Gasteiger partial charge in [-0.1, -0.05) is 12.1 Å². The number of hydrogen-bond donors (Lipinski definition) is 2. The molecule has 2 N–H and O–H groups in total. The number of nitrogens with zero attached hydrogens (tertiary/aromatic N) is 2. The zero-order valence-corrected chi connectivity index (χ0v) is 15.2. The summed E-state index contributed by atoms with van der Waals surface area (Å²) in [5.74, 6) is 0.704. The molecule has 0 bridgehead atoms. The van der Waals surface area contributed by atoms with Crippen molar-refractivity contribution in [2.45, 2.75) is 32.4 Å². The van der Waals surface area contributed by atoms with Crippen LogP contribution in [0.4, 0.5) is 4.39 Å². The van der Waals surface area contributed by atoms with Gasteiger partial charge in [-0.3, -0.25) is 9.89 Å². The van der Waals surface area contributed by atoms with Crippen LogP contribution in [0.25, 0.3) is 0 Å². The van der Waals surface area contributed by atoms with Crippen molar-refractivity contribution in [2.24, 2.45) is 4.99 Å². The first kappa shape index (κ1) is 19.2. The number of rotatable bonds is 7. The summed E-state index contributed by atoms with van der Waals surface area (Å²) < 4.78 is 19.1. The SMILES string of the molecule is C=CCN1CCC(NC(=NC)NCc2ccc(OCC)c(F)c2)CC1. The van der Waals surface area contributed by atoms with Crippen LogP contribution in [0.5, 0.6) is 5.75 Å². The molecule has 5 nitrogen and oxygen atoms in total. The van der Waals surface area contributed by atoms with Gasteiger partial charge in [0.05, 0.1) is 6.61 Å². The molecule has 1 aromatic carbocycles. The highest BCUT2D eigenvalue weighted by atomic mass is 19.1. The maximum Gasteiger partial charge on any atom is 0.191 e. The van der Waals surface area contributed by atoms with Gasteiger partial charge in [0.1, 0.15) is 0 Å². The minimum Gasteiger partial charge on any atom is -0.491 e. The number of nitrogens with one attached hydrogen (secondary N) is 2. The maximum atomic E-state index is 13.9. The van der Waals surface area contributed by atoms with Gasteiger partial charge in [0, 0.05) is 39.3 Å². The smallest absolute Gasteiger partial charge is 0.191 e. The van der Waals surface area contributed by atoms with Gasteiger partial charge in [-0.05, 0) is 37.5 Å². The van der Waals surface area contributed by atoms with Crippen LogP contribution >= 0.6 is 0 Å². The van der Waals surface area contributed by atoms with Crippen LogP contribution in [0, 0.1) is 5.82 Å². The van der Waals surface area contributed by atoms with E-state index >= 15 is 0 Å². The van der Waals surface area contributed by atoms with Gasteiger partial charge >= 0.3 is 0 Å². The molecule has 0 aromatic heterocycles. The highest BCUT2D eigenvalue weighted by Gasteiger charge is 2.19. The second-order valence-electron chi connectivity index (χ2n) is 6.13. The number of benzene rings is 1. The van der Waals surface area contributed by atoms with E-state index in [9.17, 15) is 4.39 Å². The molecule has 138 valence electrons. The van der Waals surface area contributed by atoms with E-state index in [0.29, 0.717) is 24.9 Å². The van der Waals surface area contributed by atoms with Crippen LogP contribution in [0.15, 0.2) is 35.8 Å². The van der Waals surface area contributed by atoms with Crippen LogP contribution in [0.2, 0.25) is 0 Å². The van der Waals surface area contributed by atoms with Crippen molar-refractivity contribution in [3.63, 3.8) is 0 Å². The standard InChI is InChI=1S/C19H29FN4O/c1-4-10-24-11-8-16(9-12-24)23-19(21-3)22-14-15-6-7-18(25-5-2)17(20)13-15/h4,6-7,13,16H,1,5,8-12,14H2,2-3H3,(H2,21,22,23). The molecule has 1 aliphatic rings. The van der Waals surface area contributed by atoms with Crippen molar-refractivity contribution in [3.8, 4) is 5.75 Å². The number of halogens is 1. The normalized spacial score (nSPS) is 16.5. The number of piperidine rings is 1. The van der Waals surface area contributed by atoms with Crippen LogP contribution in [0.1, 0.15) is 25.3 Å². The van der Waals surface area contributed by atoms with Crippen molar-refractivity contribution >= 4 is 5.96 Å². The second kappa shape index (κ2) is 10.0. The number of hydrogen-bond acceptors (Lipinski definition) is 3. The number of likely N-dealkylation sites (tertiary alicyclic amines) is 1. The van der Waals surface area contributed by atoms with E-state index in [4.69, 9.17) is 4.74 Å². The topological polar surface area (TPSA) is 48.9 Å². The third kappa shape index (κ3) is 6.05. The Hall–Kier alpha value is -2.08. The highest BCUT2D eigenvalue weighted by molar-refractivity contribution is 5.79. The summed E-state index contributed by atoms with van der Waals surface area (Å²) >= 11 is 0. The fourth-order valence-electron chi connectivity index (χ4n) is 2.94. The van der Waals surface area contributed by atoms with Gasteiger partial charge in [0.15, 0.2) is 17.5 Å². The quantitative estimate of drug-likeness (QED) is 0.452. The minimum absolute atomic E-state index is 0.292. The summed E-state index contributed by atoms with van der Waals surface area (Å²) in [6.07, 6.45) is 4.10. The molecule has 2 rings (SSSR count). The van der Waals surface area contributed by atoms with Gasteiger partial charge in [-0.25, -0.2) is 4.39 Å². The lowest BCUT2D eigenvalue weighted by Crippen LogP contribution is -2.48. The van der Waals surface area contributed by atoms with E-state index in [1.165, 1.54) is 6.07 Å². The van der Waals surface area contributed by atoms with E-state index in [1.54, 1.807) is 13.1 Å². The summed E-state index contributed by atoms with van der Waals surface area (Å²) in [7, 11) is 1.75. The molecule has 0 amide bonds. The van der Waals surface area contributed by atoms with E-state index in [0.717, 1.165) is 44.0 Å². The number of aliphatic imine (C=N–C) groups is 1. The van der Waals surface area contributed by atoms with E-state index in [-0.39, 0.29) is 5.82 Å². The van der Waals surface area contributed by atoms with Gasteiger partial charge in [0.25, 0.3) is 0 Å². The van der Waals surface area contributed by atoms with Crippen LogP contribution in [-0.2, 0) is 6.54 Å². The lowest BCUT2D eigenvalue weighted by atomic mass is 10.1. The van der Waals surface area contributed by atoms with Crippen LogP contribution in [-0.4, -0.2) is 50.2 Å². The molecule has 0 unspecified atom stereocenters. The Morgan fingerprint density at radius 2 is 2.20 bits per heavy atom. The van der Waals surface area contributed by atoms with Crippen molar-refractivity contribution in [2.75, 3.05) is 33.3 Å². The fraction of sp³-hybridized carbons (Fsp3) is 0.526. The first-order valence-corrected chi connectivity index (χ1v) is 8.88. The minimum atomic E-state index is -0.335. The monoisotopic (exact) mass is 348 g/mol. The molecule has 0 radical (unpaired) electrons. The molecule has 1 heterocycles. The molecule has 0 atom stereocenters. The Labute approximate surface area is 150 Å². The summed E-state index contributed by atoms with van der Waals surface area (Å²) in [5, 5.41) is 6.70. The van der Waals surface area contributed by atoms with Gasteiger partial charge in [-0.2, -0.15) is 0 Å². The molecular weight excluding hydrogens is 319 g/mol. The zero-order chi connectivity index (χ0) is 18.1. The number of ether oxygens (including phenoxy) is 1. The first-order chi connectivity index (χ1) is 12.2. The van der Waals surface area contributed by atoms with Crippen LogP contribution < -0.4 is 15.4 Å². The molecule has 0 aliphatic carbocycles. The Kier molecular flexibility index (Phi) is 7.73. The zero-order valence-electron chi connectivity index (χ0n) is 15.2. The van der Waals surface area contributed by atoms with E-state index in [1.807, 2.05) is 19.1 Å². The van der Waals surface area contributed by atoms with Gasteiger partial charge < -0.3 is 15.4 Å².